The molecule has 9 heteroatoms. The van der Waals surface area contributed by atoms with Crippen LogP contribution in [0.4, 0.5) is 0 Å². The zero-order chi connectivity index (χ0) is 13.2. The highest BCUT2D eigenvalue weighted by Crippen LogP contribution is 1.86. The molecule has 0 bridgehead atoms. The number of carbonyl (C=O) groups excluding carboxylic acids is 1. The van der Waals surface area contributed by atoms with E-state index in [0.717, 1.165) is 6.08 Å². The van der Waals surface area contributed by atoms with Gasteiger partial charge in [-0.25, -0.2) is 8.98 Å². The molecular weight excluding hydrogens is 252 g/mol. The Balaban J connectivity index is -0.000000340. The van der Waals surface area contributed by atoms with Crippen molar-refractivity contribution < 1.29 is 26.7 Å². The summed E-state index contributed by atoms with van der Waals surface area (Å²) in [6.45, 7) is 2.43. The number of ether oxygens (including phenoxy) is 1. The molecule has 0 aromatic heterocycles. The summed E-state index contributed by atoms with van der Waals surface area (Å²) in [7, 11) is 1.55. The van der Waals surface area contributed by atoms with Gasteiger partial charge < -0.3 is 15.8 Å². The Kier molecular flexibility index (Phi) is 14.4. The second-order valence-electron chi connectivity index (χ2n) is 2.96. The molecule has 4 N–H and O–H groups in total. The van der Waals surface area contributed by atoms with Gasteiger partial charge in [-0.2, -0.15) is 8.42 Å². The van der Waals surface area contributed by atoms with E-state index in [4.69, 9.17) is 4.55 Å². The Labute approximate surface area is 102 Å². The van der Waals surface area contributed by atoms with Gasteiger partial charge in [-0.1, -0.05) is 6.58 Å². The fourth-order valence-corrected chi connectivity index (χ4v) is 0.619. The summed E-state index contributed by atoms with van der Waals surface area (Å²) >= 11 is 0. The van der Waals surface area contributed by atoms with Crippen molar-refractivity contribution in [2.45, 2.75) is 0 Å². The van der Waals surface area contributed by atoms with Gasteiger partial charge in [0, 0.05) is 6.08 Å². The number of nitrogens with zero attached hydrogens (tertiary/aromatic N) is 1. The van der Waals surface area contributed by atoms with Gasteiger partial charge in [-0.15, -0.1) is 0 Å². The summed E-state index contributed by atoms with van der Waals surface area (Å²) < 4.78 is 36.0. The summed E-state index contributed by atoms with van der Waals surface area (Å²) in [5.74, 6) is -0.686. The molecule has 0 saturated carbocycles. The lowest BCUT2D eigenvalue weighted by atomic mass is 10.6. The van der Waals surface area contributed by atoms with Gasteiger partial charge in [0.15, 0.2) is 0 Å². The summed E-state index contributed by atoms with van der Waals surface area (Å²) in [6.07, 6.45) is 0.924. The molecule has 0 atom stereocenters. The van der Waals surface area contributed by atoms with Crippen LogP contribution in [0.2, 0.25) is 0 Å². The lowest BCUT2D eigenvalue weighted by Crippen LogP contribution is -2.12. The fourth-order valence-electron chi connectivity index (χ4n) is 0.341. The van der Waals surface area contributed by atoms with E-state index >= 15 is 0 Å². The van der Waals surface area contributed by atoms with Crippen LogP contribution in [0.5, 0.6) is 0 Å². The van der Waals surface area contributed by atoms with Crippen molar-refractivity contribution in [3.63, 3.8) is 0 Å². The summed E-state index contributed by atoms with van der Waals surface area (Å²) in [5.41, 5.74) is 0. The van der Waals surface area contributed by atoms with Gasteiger partial charge in [0.1, 0.15) is 13.2 Å². The Bertz CT molecular complexity index is 298. The van der Waals surface area contributed by atoms with Crippen LogP contribution < -0.4 is 6.15 Å². The van der Waals surface area contributed by atoms with Gasteiger partial charge in [0.25, 0.3) is 0 Å². The van der Waals surface area contributed by atoms with Gasteiger partial charge in [-0.05, 0) is 21.1 Å². The van der Waals surface area contributed by atoms with E-state index in [1.807, 2.05) is 26.0 Å². The van der Waals surface area contributed by atoms with Crippen molar-refractivity contribution in [3.8, 4) is 0 Å². The number of esters is 1. The Morgan fingerprint density at radius 1 is 1.35 bits per heavy atom. The Morgan fingerprint density at radius 3 is 2.06 bits per heavy atom. The molecule has 104 valence electrons. The predicted molar refractivity (Wildman–Crippen MR) is 63.3 cm³/mol. The number of hydrogen-bond donors (Lipinski definition) is 2. The molecule has 0 aromatic carbocycles. The third-order valence-corrected chi connectivity index (χ3v) is 1.19. The van der Waals surface area contributed by atoms with Crippen molar-refractivity contribution in [2.75, 3.05) is 34.4 Å². The molecule has 0 fully saturated rings. The van der Waals surface area contributed by atoms with Crippen LogP contribution in [0, 0.1) is 0 Å². The minimum atomic E-state index is -4.45. The van der Waals surface area contributed by atoms with Crippen molar-refractivity contribution in [2.24, 2.45) is 0 Å². The Morgan fingerprint density at radius 2 is 1.76 bits per heavy atom. The average molecular weight is 272 g/mol. The SMILES string of the molecule is C=CC(=O)OCCOS(=O)(=O)O.CN(C)C.N. The van der Waals surface area contributed by atoms with Gasteiger partial charge in [0.05, 0.1) is 0 Å². The normalized spacial score (nSPS) is 9.71. The number of rotatable bonds is 5. The maximum absolute atomic E-state index is 10.3. The lowest BCUT2D eigenvalue weighted by molar-refractivity contribution is -0.138. The molecule has 17 heavy (non-hydrogen) atoms. The van der Waals surface area contributed by atoms with Gasteiger partial charge in [0.2, 0.25) is 0 Å². The highest BCUT2D eigenvalue weighted by atomic mass is 32.3. The zero-order valence-corrected chi connectivity index (χ0v) is 11.1. The van der Waals surface area contributed by atoms with E-state index in [0.29, 0.717) is 0 Å². The van der Waals surface area contributed by atoms with E-state index in [1.165, 1.54) is 0 Å². The van der Waals surface area contributed by atoms with Crippen LogP contribution in [0.15, 0.2) is 12.7 Å². The molecule has 0 heterocycles. The molecule has 0 rings (SSSR count). The highest BCUT2D eigenvalue weighted by molar-refractivity contribution is 7.80. The van der Waals surface area contributed by atoms with Crippen LogP contribution in [0.1, 0.15) is 0 Å². The number of hydrogen-bond acceptors (Lipinski definition) is 7. The first-order valence-electron chi connectivity index (χ1n) is 4.21. The topological polar surface area (TPSA) is 128 Å². The van der Waals surface area contributed by atoms with Crippen LogP contribution in [-0.4, -0.2) is 58.2 Å². The lowest BCUT2D eigenvalue weighted by Gasteiger charge is -2.00. The molecule has 8 nitrogen and oxygen atoms in total. The second-order valence-corrected chi connectivity index (χ2v) is 4.05. The quantitative estimate of drug-likeness (QED) is 0.306. The first-order valence-corrected chi connectivity index (χ1v) is 5.57. The van der Waals surface area contributed by atoms with Crippen molar-refractivity contribution in [1.29, 1.82) is 0 Å². The summed E-state index contributed by atoms with van der Waals surface area (Å²) in [6, 6.07) is 0. The van der Waals surface area contributed by atoms with E-state index in [2.05, 4.69) is 15.5 Å². The third kappa shape index (κ3) is 31.3. The molecule has 0 aliphatic carbocycles. The monoisotopic (exact) mass is 272 g/mol. The first-order chi connectivity index (χ1) is 7.19. The van der Waals surface area contributed by atoms with E-state index in [9.17, 15) is 13.2 Å². The molecule has 0 saturated heterocycles. The van der Waals surface area contributed by atoms with Crippen LogP contribution >= 0.6 is 0 Å². The Hall–Kier alpha value is -1.00. The largest absolute Gasteiger partial charge is 0.460 e. The van der Waals surface area contributed by atoms with Crippen LogP contribution in [-0.2, 0) is 24.1 Å². The minimum absolute atomic E-state index is 0. The van der Waals surface area contributed by atoms with E-state index in [1.54, 1.807) is 0 Å². The molecule has 0 aliphatic heterocycles. The first kappa shape index (κ1) is 21.3. The molecule has 0 aromatic rings. The van der Waals surface area contributed by atoms with Crippen LogP contribution in [0.3, 0.4) is 0 Å². The molecule has 0 radical (unpaired) electrons. The molecule has 0 unspecified atom stereocenters. The van der Waals surface area contributed by atoms with Gasteiger partial charge in [-0.3, -0.25) is 4.55 Å². The fraction of sp³-hybridized carbons (Fsp3) is 0.625. The average Bonchev–Trinajstić information content (AvgIpc) is 2.09. The molecule has 0 spiro atoms. The highest BCUT2D eigenvalue weighted by Gasteiger charge is 2.03. The van der Waals surface area contributed by atoms with E-state index < -0.39 is 23.0 Å². The number of carbonyl (C=O) groups is 1. The zero-order valence-electron chi connectivity index (χ0n) is 10.2. The molecule has 0 amide bonds. The van der Waals surface area contributed by atoms with Crippen molar-refractivity contribution in [1.82, 2.24) is 11.1 Å². The molecular formula is C8H20N2O6S. The van der Waals surface area contributed by atoms with Gasteiger partial charge >= 0.3 is 16.4 Å². The molecule has 0 aliphatic rings. The minimum Gasteiger partial charge on any atom is -0.460 e. The maximum atomic E-state index is 10.3. The van der Waals surface area contributed by atoms with Crippen LogP contribution in [0.25, 0.3) is 0 Å². The predicted octanol–water partition coefficient (Wildman–Crippen LogP) is -0.125. The van der Waals surface area contributed by atoms with Crippen molar-refractivity contribution >= 4 is 16.4 Å². The second kappa shape index (κ2) is 11.5. The standard InChI is InChI=1S/C5H8O6S.C3H9N.H3N/c1-2-5(6)10-3-4-11-12(7,8)9;1-4(2)3;/h2H,1,3-4H2,(H,7,8,9);1-3H3;1H3. The maximum Gasteiger partial charge on any atom is 0.397 e. The van der Waals surface area contributed by atoms with E-state index in [-0.39, 0.29) is 12.8 Å². The van der Waals surface area contributed by atoms with Crippen molar-refractivity contribution in [3.05, 3.63) is 12.7 Å². The smallest absolute Gasteiger partial charge is 0.397 e. The third-order valence-electron chi connectivity index (χ3n) is 0.727. The summed E-state index contributed by atoms with van der Waals surface area (Å²) in [5, 5.41) is 0. The summed E-state index contributed by atoms with van der Waals surface area (Å²) in [4.78, 5) is 12.3.